The van der Waals surface area contributed by atoms with Crippen LogP contribution in [0.5, 0.6) is 0 Å². The summed E-state index contributed by atoms with van der Waals surface area (Å²) < 4.78 is 19.0. The lowest BCUT2D eigenvalue weighted by molar-refractivity contribution is -0.126. The van der Waals surface area contributed by atoms with Gasteiger partial charge in [-0.05, 0) is 47.9 Å². The fraction of sp³-hybridized carbons (Fsp3) is 0.348. The summed E-state index contributed by atoms with van der Waals surface area (Å²) >= 11 is 7.71. The normalized spacial score (nSPS) is 21.5. The van der Waals surface area contributed by atoms with Crippen molar-refractivity contribution in [1.82, 2.24) is 9.80 Å². The second-order valence-corrected chi connectivity index (χ2v) is 8.95. The fourth-order valence-corrected chi connectivity index (χ4v) is 5.21. The van der Waals surface area contributed by atoms with Crippen molar-refractivity contribution in [2.45, 2.75) is 11.8 Å². The Labute approximate surface area is 185 Å². The Morgan fingerprint density at radius 1 is 1.13 bits per heavy atom. The zero-order chi connectivity index (χ0) is 20.9. The van der Waals surface area contributed by atoms with Gasteiger partial charge in [0.15, 0.2) is 0 Å². The van der Waals surface area contributed by atoms with Crippen LogP contribution in [-0.4, -0.2) is 55.1 Å². The minimum absolute atomic E-state index is 0.0174. The van der Waals surface area contributed by atoms with Crippen LogP contribution in [0.1, 0.15) is 22.9 Å². The number of hydrogen-bond acceptors (Lipinski definition) is 4. The summed E-state index contributed by atoms with van der Waals surface area (Å²) in [6.07, 6.45) is 2.66. The molecule has 0 bridgehead atoms. The summed E-state index contributed by atoms with van der Waals surface area (Å²) in [5, 5.41) is 0.511. The third-order valence-electron chi connectivity index (χ3n) is 5.25. The molecule has 2 aromatic carbocycles. The van der Waals surface area contributed by atoms with Gasteiger partial charge in [0, 0.05) is 31.2 Å². The highest BCUT2D eigenvalue weighted by atomic mass is 35.5. The van der Waals surface area contributed by atoms with Gasteiger partial charge in [-0.25, -0.2) is 4.39 Å². The van der Waals surface area contributed by atoms with Gasteiger partial charge in [0.05, 0.1) is 18.1 Å². The number of benzene rings is 2. The number of halogens is 2. The van der Waals surface area contributed by atoms with Crippen LogP contribution in [0.2, 0.25) is 5.02 Å². The summed E-state index contributed by atoms with van der Waals surface area (Å²) in [6, 6.07) is 13.9. The van der Waals surface area contributed by atoms with Gasteiger partial charge >= 0.3 is 0 Å². The van der Waals surface area contributed by atoms with Crippen LogP contribution in [-0.2, 0) is 9.53 Å². The van der Waals surface area contributed by atoms with E-state index in [1.165, 1.54) is 23.9 Å². The highest BCUT2D eigenvalue weighted by molar-refractivity contribution is 8.04. The third-order valence-corrected chi connectivity index (χ3v) is 6.78. The Kier molecular flexibility index (Phi) is 7.10. The van der Waals surface area contributed by atoms with E-state index in [1.54, 1.807) is 18.2 Å². The van der Waals surface area contributed by atoms with Crippen molar-refractivity contribution in [2.24, 2.45) is 0 Å². The lowest BCUT2D eigenvalue weighted by Crippen LogP contribution is -2.38. The smallest absolute Gasteiger partial charge is 0.261 e. The summed E-state index contributed by atoms with van der Waals surface area (Å²) in [5.74, 6) is -0.329. The molecule has 4 nitrogen and oxygen atoms in total. The summed E-state index contributed by atoms with van der Waals surface area (Å²) in [5.41, 5.74) is 1.68. The maximum absolute atomic E-state index is 13.6. The van der Waals surface area contributed by atoms with Gasteiger partial charge in [-0.15, -0.1) is 0 Å². The van der Waals surface area contributed by atoms with E-state index in [2.05, 4.69) is 4.90 Å². The molecule has 2 aliphatic heterocycles. The Morgan fingerprint density at radius 2 is 1.93 bits per heavy atom. The van der Waals surface area contributed by atoms with Gasteiger partial charge in [-0.2, -0.15) is 0 Å². The summed E-state index contributed by atoms with van der Waals surface area (Å²) in [6.45, 7) is 4.99. The second-order valence-electron chi connectivity index (χ2n) is 7.39. The first-order valence-corrected chi connectivity index (χ1v) is 11.4. The van der Waals surface area contributed by atoms with Crippen molar-refractivity contribution < 1.29 is 13.9 Å². The van der Waals surface area contributed by atoms with E-state index in [0.717, 1.165) is 44.8 Å². The number of morpholine rings is 1. The largest absolute Gasteiger partial charge is 0.379 e. The lowest BCUT2D eigenvalue weighted by Gasteiger charge is -2.28. The molecule has 1 amide bonds. The molecule has 0 aromatic heterocycles. The maximum Gasteiger partial charge on any atom is 0.261 e. The summed E-state index contributed by atoms with van der Waals surface area (Å²) in [7, 11) is 0. The van der Waals surface area contributed by atoms with E-state index >= 15 is 0 Å². The van der Waals surface area contributed by atoms with Crippen LogP contribution >= 0.6 is 23.4 Å². The first-order valence-electron chi connectivity index (χ1n) is 10.1. The van der Waals surface area contributed by atoms with E-state index in [9.17, 15) is 9.18 Å². The standard InChI is InChI=1S/C23H24ClFN2O2S/c24-19-6-2-5-18(16-19)23-27(9-3-8-26-10-12-29-13-11-26)22(28)21(30-23)15-17-4-1-7-20(25)14-17/h1-2,4-7,14-16,23H,3,8-13H2/b21-15+. The predicted molar refractivity (Wildman–Crippen MR) is 120 cm³/mol. The number of rotatable bonds is 6. The molecule has 0 radical (unpaired) electrons. The quantitative estimate of drug-likeness (QED) is 0.596. The lowest BCUT2D eigenvalue weighted by atomic mass is 10.2. The number of amides is 1. The minimum Gasteiger partial charge on any atom is -0.379 e. The average molecular weight is 447 g/mol. The molecule has 158 valence electrons. The number of hydrogen-bond donors (Lipinski definition) is 0. The van der Waals surface area contributed by atoms with Crippen molar-refractivity contribution in [3.8, 4) is 0 Å². The molecule has 2 aromatic rings. The van der Waals surface area contributed by atoms with Crippen molar-refractivity contribution >= 4 is 35.3 Å². The van der Waals surface area contributed by atoms with E-state index in [-0.39, 0.29) is 17.1 Å². The number of nitrogens with zero attached hydrogens (tertiary/aromatic N) is 2. The minimum atomic E-state index is -0.312. The van der Waals surface area contributed by atoms with E-state index in [4.69, 9.17) is 16.3 Å². The van der Waals surface area contributed by atoms with Crippen molar-refractivity contribution in [2.75, 3.05) is 39.4 Å². The molecule has 0 aliphatic carbocycles. The SMILES string of the molecule is O=C1/C(=C\c2cccc(F)c2)SC(c2cccc(Cl)c2)N1CCCN1CCOCC1. The highest BCUT2D eigenvalue weighted by Crippen LogP contribution is 2.46. The van der Waals surface area contributed by atoms with Crippen LogP contribution in [0.4, 0.5) is 4.39 Å². The Hall–Kier alpha value is -1.86. The molecular weight excluding hydrogens is 423 g/mol. The zero-order valence-electron chi connectivity index (χ0n) is 16.6. The Balaban J connectivity index is 1.53. The monoisotopic (exact) mass is 446 g/mol. The molecular formula is C23H24ClFN2O2S. The molecule has 4 rings (SSSR count). The van der Waals surface area contributed by atoms with E-state index < -0.39 is 0 Å². The van der Waals surface area contributed by atoms with Crippen molar-refractivity contribution in [3.63, 3.8) is 0 Å². The molecule has 2 aliphatic rings. The maximum atomic E-state index is 13.6. The van der Waals surface area contributed by atoms with Gasteiger partial charge in [0.1, 0.15) is 11.2 Å². The highest BCUT2D eigenvalue weighted by Gasteiger charge is 2.36. The molecule has 1 unspecified atom stereocenters. The average Bonchev–Trinajstić information content (AvgIpc) is 3.04. The molecule has 1 atom stereocenters. The first-order chi connectivity index (χ1) is 14.6. The second kappa shape index (κ2) is 9.96. The number of ether oxygens (including phenoxy) is 1. The van der Waals surface area contributed by atoms with Gasteiger partial charge in [0.2, 0.25) is 0 Å². The summed E-state index contributed by atoms with van der Waals surface area (Å²) in [4.78, 5) is 18.1. The van der Waals surface area contributed by atoms with Gasteiger partial charge in [-0.1, -0.05) is 47.6 Å². The van der Waals surface area contributed by atoms with Crippen LogP contribution in [0.3, 0.4) is 0 Å². The molecule has 7 heteroatoms. The van der Waals surface area contributed by atoms with Crippen LogP contribution < -0.4 is 0 Å². The number of thioether (sulfide) groups is 1. The first kappa shape index (κ1) is 21.4. The molecule has 2 saturated heterocycles. The Morgan fingerprint density at radius 3 is 2.70 bits per heavy atom. The zero-order valence-corrected chi connectivity index (χ0v) is 18.2. The fourth-order valence-electron chi connectivity index (χ4n) is 3.74. The van der Waals surface area contributed by atoms with Gasteiger partial charge < -0.3 is 9.64 Å². The van der Waals surface area contributed by atoms with Gasteiger partial charge in [0.25, 0.3) is 5.91 Å². The van der Waals surface area contributed by atoms with Crippen LogP contribution in [0, 0.1) is 5.82 Å². The van der Waals surface area contributed by atoms with E-state index in [1.807, 2.05) is 29.2 Å². The van der Waals surface area contributed by atoms with E-state index in [0.29, 0.717) is 22.0 Å². The van der Waals surface area contributed by atoms with Crippen molar-refractivity contribution in [3.05, 3.63) is 75.4 Å². The van der Waals surface area contributed by atoms with Crippen LogP contribution in [0.25, 0.3) is 6.08 Å². The number of carbonyl (C=O) groups excluding carboxylic acids is 1. The molecule has 30 heavy (non-hydrogen) atoms. The predicted octanol–water partition coefficient (Wildman–Crippen LogP) is 4.82. The molecule has 0 saturated carbocycles. The number of carbonyl (C=O) groups is 1. The van der Waals surface area contributed by atoms with Crippen LogP contribution in [0.15, 0.2) is 53.4 Å². The molecule has 0 N–H and O–H groups in total. The molecule has 2 heterocycles. The molecule has 2 fully saturated rings. The van der Waals surface area contributed by atoms with Gasteiger partial charge in [-0.3, -0.25) is 9.69 Å². The third kappa shape index (κ3) is 5.24. The van der Waals surface area contributed by atoms with Crippen molar-refractivity contribution in [1.29, 1.82) is 0 Å². The molecule has 0 spiro atoms. The topological polar surface area (TPSA) is 32.8 Å². The Bertz CT molecular complexity index is 933.